The number of rotatable bonds is 6. The Morgan fingerprint density at radius 2 is 0.983 bits per heavy atom. The van der Waals surface area contributed by atoms with Crippen molar-refractivity contribution in [2.24, 2.45) is 0 Å². The molecule has 0 fully saturated rings. The Bertz CT molecular complexity index is 3540. The second-order valence-electron chi connectivity index (χ2n) is 15.3. The van der Waals surface area contributed by atoms with E-state index in [1.165, 1.54) is 49.1 Å². The van der Waals surface area contributed by atoms with Gasteiger partial charge in [-0.3, -0.25) is 0 Å². The Hall–Kier alpha value is -7.88. The van der Waals surface area contributed by atoms with Gasteiger partial charge in [-0.1, -0.05) is 146 Å². The first-order valence-electron chi connectivity index (χ1n) is 20.2. The van der Waals surface area contributed by atoms with E-state index >= 15 is 0 Å². The predicted molar refractivity (Wildman–Crippen MR) is 249 cm³/mol. The van der Waals surface area contributed by atoms with Crippen molar-refractivity contribution in [2.75, 3.05) is 4.90 Å². The van der Waals surface area contributed by atoms with Gasteiger partial charge in [-0.25, -0.2) is 0 Å². The minimum Gasteiger partial charge on any atom is -0.455 e. The van der Waals surface area contributed by atoms with Crippen LogP contribution in [0.3, 0.4) is 0 Å². The van der Waals surface area contributed by atoms with E-state index < -0.39 is 0 Å². The third-order valence-electron chi connectivity index (χ3n) is 11.9. The Labute approximate surface area is 341 Å². The molecule has 0 radical (unpaired) electrons. The topological polar surface area (TPSA) is 21.3 Å². The molecule has 3 heteroatoms. The highest BCUT2D eigenvalue weighted by Crippen LogP contribution is 2.44. The summed E-state index contributed by atoms with van der Waals surface area (Å²) in [6.45, 7) is 0. The summed E-state index contributed by atoms with van der Waals surface area (Å²) in [5.41, 5.74) is 13.2. The molecule has 276 valence electrons. The molecule has 0 atom stereocenters. The van der Waals surface area contributed by atoms with Gasteiger partial charge >= 0.3 is 0 Å². The Morgan fingerprint density at radius 3 is 1.83 bits per heavy atom. The van der Waals surface area contributed by atoms with Gasteiger partial charge in [0.2, 0.25) is 0 Å². The van der Waals surface area contributed by atoms with Gasteiger partial charge in [0.1, 0.15) is 11.2 Å². The largest absolute Gasteiger partial charge is 0.455 e. The van der Waals surface area contributed by atoms with E-state index in [0.29, 0.717) is 0 Å². The molecule has 0 saturated carbocycles. The van der Waals surface area contributed by atoms with E-state index in [9.17, 15) is 0 Å². The fourth-order valence-corrected chi connectivity index (χ4v) is 9.17. The van der Waals surface area contributed by atoms with Crippen LogP contribution in [-0.4, -0.2) is 4.57 Å². The molecular weight excluding hydrogens is 717 g/mol. The smallest absolute Gasteiger partial charge is 0.143 e. The van der Waals surface area contributed by atoms with Crippen LogP contribution < -0.4 is 4.90 Å². The van der Waals surface area contributed by atoms with Crippen molar-refractivity contribution in [1.82, 2.24) is 4.57 Å². The zero-order valence-corrected chi connectivity index (χ0v) is 32.1. The Morgan fingerprint density at radius 1 is 0.356 bits per heavy atom. The van der Waals surface area contributed by atoms with Gasteiger partial charge < -0.3 is 13.9 Å². The number of fused-ring (bicyclic) bond motifs is 9. The van der Waals surface area contributed by atoms with Crippen LogP contribution in [0.4, 0.5) is 17.1 Å². The first-order valence-corrected chi connectivity index (χ1v) is 20.2. The van der Waals surface area contributed by atoms with Crippen LogP contribution in [0, 0.1) is 0 Å². The lowest BCUT2D eigenvalue weighted by molar-refractivity contribution is 0.670. The van der Waals surface area contributed by atoms with Crippen molar-refractivity contribution in [3.8, 4) is 27.9 Å². The number of aromatic nitrogens is 1. The highest BCUT2D eigenvalue weighted by Gasteiger charge is 2.19. The Kier molecular flexibility index (Phi) is 7.54. The fourth-order valence-electron chi connectivity index (χ4n) is 9.17. The standard InChI is InChI=1S/C56H36N2O/c1-3-12-37(13-4-1)39-22-27-44(28-23-39)57(45-29-24-38-14-7-8-15-40(38)34-45)46-30-31-47-41(35-46)26-33-54-55(47)50-20-11-19-48(56(50)59-54)42-25-32-53-51(36-42)49-18-9-10-21-52(49)58(53)43-16-5-2-6-17-43/h1-36H. The first kappa shape index (κ1) is 33.3. The molecule has 59 heavy (non-hydrogen) atoms. The fraction of sp³-hybridized carbons (Fsp3) is 0. The molecule has 10 aromatic carbocycles. The van der Waals surface area contributed by atoms with Crippen molar-refractivity contribution < 1.29 is 4.42 Å². The molecular formula is C56H36N2O. The lowest BCUT2D eigenvalue weighted by Gasteiger charge is -2.26. The summed E-state index contributed by atoms with van der Waals surface area (Å²) in [6, 6.07) is 78.6. The molecule has 0 aliphatic heterocycles. The lowest BCUT2D eigenvalue weighted by atomic mass is 9.98. The number of benzene rings is 10. The van der Waals surface area contributed by atoms with E-state index in [1.54, 1.807) is 0 Å². The van der Waals surface area contributed by atoms with Gasteiger partial charge in [-0.2, -0.15) is 0 Å². The summed E-state index contributed by atoms with van der Waals surface area (Å²) in [6.07, 6.45) is 0. The summed E-state index contributed by atoms with van der Waals surface area (Å²) in [4.78, 5) is 2.36. The molecule has 0 N–H and O–H groups in total. The highest BCUT2D eigenvalue weighted by molar-refractivity contribution is 6.21. The second kappa shape index (κ2) is 13.4. The van der Waals surface area contributed by atoms with Crippen molar-refractivity contribution in [2.45, 2.75) is 0 Å². The van der Waals surface area contributed by atoms with E-state index in [0.717, 1.165) is 61.2 Å². The van der Waals surface area contributed by atoms with Crippen LogP contribution >= 0.6 is 0 Å². The van der Waals surface area contributed by atoms with E-state index in [2.05, 4.69) is 228 Å². The third-order valence-corrected chi connectivity index (χ3v) is 11.9. The average Bonchev–Trinajstić information content (AvgIpc) is 3.86. The lowest BCUT2D eigenvalue weighted by Crippen LogP contribution is -2.09. The molecule has 12 rings (SSSR count). The number of furan rings is 1. The van der Waals surface area contributed by atoms with Gasteiger partial charge in [-0.05, 0) is 111 Å². The molecule has 3 nitrogen and oxygen atoms in total. The Balaban J connectivity index is 0.992. The summed E-state index contributed by atoms with van der Waals surface area (Å²) >= 11 is 0. The molecule has 12 aromatic rings. The SMILES string of the molecule is c1ccc(-c2ccc(N(c3ccc4ccccc4c3)c3ccc4c(ccc5oc6c(-c7ccc8c(c7)c7ccccc7n8-c7ccccc7)cccc6c54)c3)cc2)cc1. The van der Waals surface area contributed by atoms with Gasteiger partial charge in [0.05, 0.1) is 11.0 Å². The van der Waals surface area contributed by atoms with Crippen LogP contribution in [-0.2, 0) is 0 Å². The molecule has 0 aliphatic rings. The molecule has 0 bridgehead atoms. The summed E-state index contributed by atoms with van der Waals surface area (Å²) in [7, 11) is 0. The third kappa shape index (κ3) is 5.44. The molecule has 0 unspecified atom stereocenters. The average molecular weight is 753 g/mol. The van der Waals surface area contributed by atoms with Crippen LogP contribution in [0.1, 0.15) is 0 Å². The van der Waals surface area contributed by atoms with Crippen LogP contribution in [0.5, 0.6) is 0 Å². The molecule has 2 heterocycles. The summed E-state index contributed by atoms with van der Waals surface area (Å²) in [5, 5.41) is 9.46. The maximum atomic E-state index is 6.81. The van der Waals surface area contributed by atoms with Gasteiger partial charge in [0.25, 0.3) is 0 Å². The van der Waals surface area contributed by atoms with Crippen molar-refractivity contribution in [1.29, 1.82) is 0 Å². The highest BCUT2D eigenvalue weighted by atomic mass is 16.3. The first-order chi connectivity index (χ1) is 29.2. The normalized spacial score (nSPS) is 11.7. The van der Waals surface area contributed by atoms with Crippen molar-refractivity contribution in [3.05, 3.63) is 218 Å². The number of para-hydroxylation sites is 3. The molecule has 0 saturated heterocycles. The monoisotopic (exact) mass is 752 g/mol. The zero-order valence-electron chi connectivity index (χ0n) is 32.1. The second-order valence-corrected chi connectivity index (χ2v) is 15.3. The summed E-state index contributed by atoms with van der Waals surface area (Å²) in [5.74, 6) is 0. The van der Waals surface area contributed by atoms with E-state index in [4.69, 9.17) is 4.42 Å². The van der Waals surface area contributed by atoms with Crippen LogP contribution in [0.25, 0.3) is 93.2 Å². The number of nitrogens with zero attached hydrogens (tertiary/aromatic N) is 2. The number of hydrogen-bond acceptors (Lipinski definition) is 2. The minimum absolute atomic E-state index is 0.886. The van der Waals surface area contributed by atoms with Crippen LogP contribution in [0.2, 0.25) is 0 Å². The summed E-state index contributed by atoms with van der Waals surface area (Å²) < 4.78 is 9.17. The minimum atomic E-state index is 0.886. The number of anilines is 3. The van der Waals surface area contributed by atoms with Gasteiger partial charge in [0.15, 0.2) is 0 Å². The van der Waals surface area contributed by atoms with Crippen LogP contribution in [0.15, 0.2) is 223 Å². The predicted octanol–water partition coefficient (Wildman–Crippen LogP) is 15.8. The quantitative estimate of drug-likeness (QED) is 0.169. The molecule has 0 spiro atoms. The zero-order chi connectivity index (χ0) is 38.9. The molecule has 0 aliphatic carbocycles. The van der Waals surface area contributed by atoms with Gasteiger partial charge in [-0.15, -0.1) is 0 Å². The van der Waals surface area contributed by atoms with Gasteiger partial charge in [0, 0.05) is 49.9 Å². The molecule has 0 amide bonds. The van der Waals surface area contributed by atoms with Crippen molar-refractivity contribution >= 4 is 82.4 Å². The van der Waals surface area contributed by atoms with E-state index in [1.807, 2.05) is 0 Å². The van der Waals surface area contributed by atoms with E-state index in [-0.39, 0.29) is 0 Å². The van der Waals surface area contributed by atoms with Crippen molar-refractivity contribution in [3.63, 3.8) is 0 Å². The molecule has 2 aromatic heterocycles. The maximum Gasteiger partial charge on any atom is 0.143 e. The number of hydrogen-bond donors (Lipinski definition) is 0. The maximum absolute atomic E-state index is 6.81.